The second-order valence-corrected chi connectivity index (χ2v) is 9.86. The topological polar surface area (TPSA) is 108 Å². The van der Waals surface area contributed by atoms with E-state index >= 15 is 0 Å². The van der Waals surface area contributed by atoms with Gasteiger partial charge in [-0.05, 0) is 47.8 Å². The van der Waals surface area contributed by atoms with Crippen LogP contribution >= 0.6 is 11.3 Å². The van der Waals surface area contributed by atoms with E-state index in [0.717, 1.165) is 28.3 Å². The van der Waals surface area contributed by atoms with Crippen LogP contribution in [0.25, 0.3) is 21.7 Å². The predicted molar refractivity (Wildman–Crippen MR) is 136 cm³/mol. The van der Waals surface area contributed by atoms with Gasteiger partial charge in [0.1, 0.15) is 0 Å². The fourth-order valence-corrected chi connectivity index (χ4v) is 5.06. The minimum Gasteiger partial charge on any atom is -0.433 e. The number of sulfonamides is 1. The van der Waals surface area contributed by atoms with Crippen LogP contribution in [0.15, 0.2) is 107 Å². The van der Waals surface area contributed by atoms with Crippen molar-refractivity contribution >= 4 is 38.1 Å². The molecule has 36 heavy (non-hydrogen) atoms. The smallest absolute Gasteiger partial charge is 0.433 e. The van der Waals surface area contributed by atoms with Crippen LogP contribution < -0.4 is 34.9 Å². The Balaban J connectivity index is 0.00000304. The fourth-order valence-electron chi connectivity index (χ4n) is 3.39. The van der Waals surface area contributed by atoms with Gasteiger partial charge in [0.05, 0.1) is 16.3 Å². The van der Waals surface area contributed by atoms with Crippen molar-refractivity contribution in [2.24, 2.45) is 0 Å². The Morgan fingerprint density at radius 2 is 1.58 bits per heavy atom. The van der Waals surface area contributed by atoms with Crippen LogP contribution in [0.4, 0.5) is 10.8 Å². The Kier molecular flexibility index (Phi) is 8.02. The normalized spacial score (nSPS) is 10.9. The number of carbonyl (C=O) groups excluding carboxylic acids is 1. The molecule has 0 aliphatic carbocycles. The molecule has 0 fully saturated rings. The van der Waals surface area contributed by atoms with E-state index in [1.54, 1.807) is 16.1 Å². The summed E-state index contributed by atoms with van der Waals surface area (Å²) in [7, 11) is -3.90. The van der Waals surface area contributed by atoms with Gasteiger partial charge < -0.3 is 15.0 Å². The molecule has 0 atom stereocenters. The molecule has 174 valence electrons. The van der Waals surface area contributed by atoms with Crippen LogP contribution in [0, 0.1) is 0 Å². The fraction of sp³-hybridized carbons (Fsp3) is 0. The van der Waals surface area contributed by atoms with Gasteiger partial charge in [-0.2, -0.15) is 16.4 Å². The van der Waals surface area contributed by atoms with E-state index in [2.05, 4.69) is 20.1 Å². The summed E-state index contributed by atoms with van der Waals surface area (Å²) in [6, 6.07) is 26.7. The number of hydrogen-bond donors (Lipinski definition) is 1. The molecule has 8 nitrogen and oxygen atoms in total. The molecule has 0 bridgehead atoms. The number of hydrogen-bond acceptors (Lipinski definition) is 6. The Labute approximate surface area is 234 Å². The Bertz CT molecular complexity index is 1500. The summed E-state index contributed by atoms with van der Waals surface area (Å²) in [6.45, 7) is 0. The van der Waals surface area contributed by atoms with Gasteiger partial charge >= 0.3 is 29.6 Å². The number of rotatable bonds is 7. The molecular weight excluding hydrogens is 505 g/mol. The molecule has 0 saturated carbocycles. The zero-order chi connectivity index (χ0) is 24.3. The molecular formula is C25H18N5NaO3S2. The molecule has 5 aromatic rings. The number of para-hydroxylation sites is 1. The van der Waals surface area contributed by atoms with Gasteiger partial charge in [-0.25, -0.2) is 13.1 Å². The first kappa shape index (κ1) is 25.8. The van der Waals surface area contributed by atoms with Crippen LogP contribution in [0.1, 0.15) is 10.5 Å². The van der Waals surface area contributed by atoms with Crippen molar-refractivity contribution in [2.75, 3.05) is 5.32 Å². The van der Waals surface area contributed by atoms with E-state index in [9.17, 15) is 13.2 Å². The molecule has 0 saturated heterocycles. The van der Waals surface area contributed by atoms with Crippen molar-refractivity contribution in [3.63, 3.8) is 0 Å². The number of benzene rings is 3. The number of amides is 1. The first-order valence-electron chi connectivity index (χ1n) is 10.5. The maximum Gasteiger partial charge on any atom is 1.00 e. The van der Waals surface area contributed by atoms with E-state index in [0.29, 0.717) is 5.69 Å². The SMILES string of the molecule is O=C(Nc1ccc(S(=O)(=O)[N-]c2nccs2)cc1)c1cc(-c2ccccc2)n(-c2ccccc2)n1.[Na+]. The van der Waals surface area contributed by atoms with E-state index in [-0.39, 0.29) is 45.3 Å². The van der Waals surface area contributed by atoms with Crippen molar-refractivity contribution in [1.82, 2.24) is 14.8 Å². The largest absolute Gasteiger partial charge is 1.00 e. The molecule has 3 aromatic carbocycles. The third-order valence-electron chi connectivity index (χ3n) is 5.04. The molecule has 0 radical (unpaired) electrons. The standard InChI is InChI=1S/C25H19N5O3S2.Na/c31-24(27-19-11-13-21(14-12-19)35(32,33)29-25-26-15-16-34-25)22-17-23(18-7-3-1-4-8-18)30(28-22)20-9-5-2-6-10-20;/h1-17H,(H2,26,27,29,31);/q;+1/p-1. The molecule has 2 aromatic heterocycles. The molecule has 0 spiro atoms. The molecule has 0 aliphatic heterocycles. The average molecular weight is 524 g/mol. The molecule has 0 aliphatic rings. The van der Waals surface area contributed by atoms with E-state index in [1.807, 2.05) is 60.7 Å². The minimum atomic E-state index is -3.90. The second kappa shape index (κ2) is 11.2. The first-order chi connectivity index (χ1) is 17.0. The van der Waals surface area contributed by atoms with Gasteiger partial charge in [0.25, 0.3) is 5.91 Å². The van der Waals surface area contributed by atoms with Gasteiger partial charge in [-0.3, -0.25) is 4.79 Å². The summed E-state index contributed by atoms with van der Waals surface area (Å²) in [5, 5.41) is 9.12. The van der Waals surface area contributed by atoms with Crippen molar-refractivity contribution in [1.29, 1.82) is 0 Å². The van der Waals surface area contributed by atoms with Crippen LogP contribution in [-0.4, -0.2) is 29.1 Å². The minimum absolute atomic E-state index is 0. The van der Waals surface area contributed by atoms with E-state index in [1.165, 1.54) is 30.5 Å². The molecule has 0 unspecified atom stereocenters. The van der Waals surface area contributed by atoms with Gasteiger partial charge in [0.2, 0.25) is 10.0 Å². The third kappa shape index (κ3) is 5.75. The summed E-state index contributed by atoms with van der Waals surface area (Å²) < 4.78 is 30.4. The number of aromatic nitrogens is 3. The maximum atomic E-state index is 13.0. The van der Waals surface area contributed by atoms with Crippen LogP contribution in [0.3, 0.4) is 0 Å². The second-order valence-electron chi connectivity index (χ2n) is 7.39. The third-order valence-corrected chi connectivity index (χ3v) is 7.10. The average Bonchev–Trinajstić information content (AvgIpc) is 3.55. The summed E-state index contributed by atoms with van der Waals surface area (Å²) in [6.07, 6.45) is 1.49. The maximum absolute atomic E-state index is 13.0. The number of carbonyl (C=O) groups is 1. The monoisotopic (exact) mass is 523 g/mol. The van der Waals surface area contributed by atoms with Crippen LogP contribution in [-0.2, 0) is 10.0 Å². The Morgan fingerprint density at radius 3 is 2.22 bits per heavy atom. The summed E-state index contributed by atoms with van der Waals surface area (Å²) >= 11 is 1.13. The van der Waals surface area contributed by atoms with E-state index < -0.39 is 15.9 Å². The molecule has 5 rings (SSSR count). The first-order valence-corrected chi connectivity index (χ1v) is 12.8. The summed E-state index contributed by atoms with van der Waals surface area (Å²) in [4.78, 5) is 16.9. The zero-order valence-electron chi connectivity index (χ0n) is 19.1. The van der Waals surface area contributed by atoms with Crippen LogP contribution in [0.5, 0.6) is 0 Å². The van der Waals surface area contributed by atoms with Gasteiger partial charge in [-0.15, -0.1) is 0 Å². The molecule has 11 heteroatoms. The molecule has 1 amide bonds. The number of nitrogens with one attached hydrogen (secondary N) is 1. The van der Waals surface area contributed by atoms with Crippen molar-refractivity contribution in [3.05, 3.63) is 113 Å². The van der Waals surface area contributed by atoms with Gasteiger partial charge in [0.15, 0.2) is 5.69 Å². The quantitative estimate of drug-likeness (QED) is 0.330. The zero-order valence-corrected chi connectivity index (χ0v) is 22.8. The van der Waals surface area contributed by atoms with Crippen molar-refractivity contribution in [2.45, 2.75) is 4.90 Å². The Hall–Kier alpha value is -3.28. The molecule has 2 heterocycles. The Morgan fingerprint density at radius 1 is 0.917 bits per heavy atom. The van der Waals surface area contributed by atoms with Crippen LogP contribution in [0.2, 0.25) is 0 Å². The molecule has 1 N–H and O–H groups in total. The predicted octanol–water partition coefficient (Wildman–Crippen LogP) is 2.65. The van der Waals surface area contributed by atoms with Crippen molar-refractivity contribution in [3.8, 4) is 16.9 Å². The van der Waals surface area contributed by atoms with Crippen molar-refractivity contribution < 1.29 is 42.8 Å². The summed E-state index contributed by atoms with van der Waals surface area (Å²) in [5.74, 6) is -0.417. The van der Waals surface area contributed by atoms with Gasteiger partial charge in [-0.1, -0.05) is 54.7 Å². The van der Waals surface area contributed by atoms with E-state index in [4.69, 9.17) is 0 Å². The van der Waals surface area contributed by atoms with Gasteiger partial charge in [0, 0.05) is 16.4 Å². The number of nitrogens with zero attached hydrogens (tertiary/aromatic N) is 4. The summed E-state index contributed by atoms with van der Waals surface area (Å²) in [5.41, 5.74) is 3.17. The number of thiazole rings is 1. The number of anilines is 1.